The van der Waals surface area contributed by atoms with Gasteiger partial charge in [0.15, 0.2) is 5.82 Å². The lowest BCUT2D eigenvalue weighted by atomic mass is 10.0. The van der Waals surface area contributed by atoms with Gasteiger partial charge in [-0.05, 0) is 92.4 Å². The summed E-state index contributed by atoms with van der Waals surface area (Å²) in [5.74, 6) is 0.465. The Kier molecular flexibility index (Phi) is 6.85. The predicted octanol–water partition coefficient (Wildman–Crippen LogP) is 5.18. The summed E-state index contributed by atoms with van der Waals surface area (Å²) >= 11 is 0. The molecule has 0 amide bonds. The summed E-state index contributed by atoms with van der Waals surface area (Å²) in [5, 5.41) is 13.6. The van der Waals surface area contributed by atoms with Crippen LogP contribution in [0.15, 0.2) is 47.3 Å². The van der Waals surface area contributed by atoms with Gasteiger partial charge in [0.05, 0.1) is 11.6 Å². The SMILES string of the molecule is CCC(c1nnnn1C(C)(C)C)N(Cc1ccc(F)cc1)Cc1cc2c(C)cc(C)cc2[nH]c1=O. The van der Waals surface area contributed by atoms with Crippen molar-refractivity contribution < 1.29 is 4.39 Å². The minimum atomic E-state index is -0.302. The number of tetrazole rings is 1. The van der Waals surface area contributed by atoms with Crippen molar-refractivity contribution in [3.8, 4) is 0 Å². The highest BCUT2D eigenvalue weighted by atomic mass is 19.1. The van der Waals surface area contributed by atoms with Crippen molar-refractivity contribution in [2.75, 3.05) is 0 Å². The number of pyridine rings is 1. The number of nitrogens with one attached hydrogen (secondary N) is 1. The van der Waals surface area contributed by atoms with E-state index in [9.17, 15) is 9.18 Å². The average Bonchev–Trinajstić information content (AvgIpc) is 3.27. The van der Waals surface area contributed by atoms with Crippen LogP contribution in [-0.4, -0.2) is 30.1 Å². The Morgan fingerprint density at radius 2 is 1.80 bits per heavy atom. The second kappa shape index (κ2) is 9.70. The smallest absolute Gasteiger partial charge is 0.252 e. The number of aromatic nitrogens is 5. The Labute approximate surface area is 205 Å². The normalized spacial score (nSPS) is 13.0. The van der Waals surface area contributed by atoms with Crippen LogP contribution in [-0.2, 0) is 18.6 Å². The number of rotatable bonds is 7. The van der Waals surface area contributed by atoms with Gasteiger partial charge < -0.3 is 4.98 Å². The van der Waals surface area contributed by atoms with Crippen LogP contribution in [0.5, 0.6) is 0 Å². The first-order valence-corrected chi connectivity index (χ1v) is 12.0. The summed E-state index contributed by atoms with van der Waals surface area (Å²) < 4.78 is 15.4. The van der Waals surface area contributed by atoms with E-state index < -0.39 is 0 Å². The van der Waals surface area contributed by atoms with Gasteiger partial charge in [0, 0.05) is 29.6 Å². The molecule has 0 saturated carbocycles. The molecule has 2 heterocycles. The van der Waals surface area contributed by atoms with Crippen LogP contribution in [0.1, 0.15) is 68.2 Å². The number of hydrogen-bond acceptors (Lipinski definition) is 5. The van der Waals surface area contributed by atoms with Crippen molar-refractivity contribution in [1.29, 1.82) is 0 Å². The molecular weight excluding hydrogens is 443 g/mol. The van der Waals surface area contributed by atoms with Crippen molar-refractivity contribution in [2.45, 2.75) is 72.6 Å². The van der Waals surface area contributed by atoms with Crippen LogP contribution in [0, 0.1) is 19.7 Å². The first-order chi connectivity index (χ1) is 16.6. The molecule has 4 rings (SSSR count). The van der Waals surface area contributed by atoms with Crippen LogP contribution >= 0.6 is 0 Å². The van der Waals surface area contributed by atoms with Gasteiger partial charge in [-0.25, -0.2) is 9.07 Å². The number of fused-ring (bicyclic) bond motifs is 1. The molecule has 0 spiro atoms. The Morgan fingerprint density at radius 3 is 2.46 bits per heavy atom. The number of aryl methyl sites for hydroxylation is 2. The lowest BCUT2D eigenvalue weighted by Crippen LogP contribution is -2.35. The predicted molar refractivity (Wildman–Crippen MR) is 136 cm³/mol. The monoisotopic (exact) mass is 476 g/mol. The molecule has 35 heavy (non-hydrogen) atoms. The summed E-state index contributed by atoms with van der Waals surface area (Å²) in [5.41, 5.74) is 4.26. The molecule has 1 unspecified atom stereocenters. The van der Waals surface area contributed by atoms with Crippen LogP contribution in [0.2, 0.25) is 0 Å². The van der Waals surface area contributed by atoms with E-state index in [1.54, 1.807) is 12.1 Å². The Bertz CT molecular complexity index is 1380. The van der Waals surface area contributed by atoms with E-state index in [1.165, 1.54) is 12.1 Å². The first kappa shape index (κ1) is 24.7. The average molecular weight is 477 g/mol. The number of H-pyrrole nitrogens is 1. The molecular formula is C27H33FN6O. The lowest BCUT2D eigenvalue weighted by Gasteiger charge is -2.32. The second-order valence-corrected chi connectivity index (χ2v) is 10.2. The third-order valence-electron chi connectivity index (χ3n) is 6.32. The molecule has 184 valence electrons. The molecule has 2 aromatic heterocycles. The number of nitrogens with zero attached hydrogens (tertiary/aromatic N) is 5. The van der Waals surface area contributed by atoms with Crippen molar-refractivity contribution >= 4 is 10.9 Å². The van der Waals surface area contributed by atoms with E-state index in [1.807, 2.05) is 23.7 Å². The largest absolute Gasteiger partial charge is 0.322 e. The maximum Gasteiger partial charge on any atom is 0.252 e. The van der Waals surface area contributed by atoms with Gasteiger partial charge in [-0.1, -0.05) is 25.1 Å². The van der Waals surface area contributed by atoms with Gasteiger partial charge in [-0.2, -0.15) is 0 Å². The molecule has 0 radical (unpaired) electrons. The second-order valence-electron chi connectivity index (χ2n) is 10.2. The van der Waals surface area contributed by atoms with E-state index in [4.69, 9.17) is 0 Å². The molecule has 8 heteroatoms. The van der Waals surface area contributed by atoms with E-state index in [-0.39, 0.29) is 23.0 Å². The summed E-state index contributed by atoms with van der Waals surface area (Å²) in [6.45, 7) is 13.2. The molecule has 0 aliphatic rings. The van der Waals surface area contributed by atoms with Crippen LogP contribution in [0.25, 0.3) is 10.9 Å². The highest BCUT2D eigenvalue weighted by Crippen LogP contribution is 2.29. The number of benzene rings is 2. The molecule has 0 aliphatic carbocycles. The topological polar surface area (TPSA) is 79.7 Å². The number of halogens is 1. The maximum absolute atomic E-state index is 13.6. The third-order valence-corrected chi connectivity index (χ3v) is 6.32. The number of aromatic amines is 1. The zero-order chi connectivity index (χ0) is 25.3. The van der Waals surface area contributed by atoms with Crippen molar-refractivity contribution in [3.63, 3.8) is 0 Å². The third kappa shape index (κ3) is 5.32. The molecule has 0 fully saturated rings. The fraction of sp³-hybridized carbons (Fsp3) is 0.407. The molecule has 0 aliphatic heterocycles. The van der Waals surface area contributed by atoms with Crippen LogP contribution in [0.3, 0.4) is 0 Å². The first-order valence-electron chi connectivity index (χ1n) is 12.0. The van der Waals surface area contributed by atoms with Crippen molar-refractivity contribution in [1.82, 2.24) is 30.1 Å². The van der Waals surface area contributed by atoms with Crippen LogP contribution in [0.4, 0.5) is 4.39 Å². The van der Waals surface area contributed by atoms with Gasteiger partial charge in [-0.15, -0.1) is 5.10 Å². The molecule has 2 aromatic carbocycles. The molecule has 1 N–H and O–H groups in total. The van der Waals surface area contributed by atoms with E-state index in [0.717, 1.165) is 39.8 Å². The highest BCUT2D eigenvalue weighted by molar-refractivity contribution is 5.83. The summed E-state index contributed by atoms with van der Waals surface area (Å²) in [6, 6.07) is 12.4. The maximum atomic E-state index is 13.6. The van der Waals surface area contributed by atoms with E-state index in [2.05, 4.69) is 66.1 Å². The van der Waals surface area contributed by atoms with Crippen LogP contribution < -0.4 is 5.56 Å². The Hall–Kier alpha value is -3.39. The van der Waals surface area contributed by atoms with Gasteiger partial charge in [-0.3, -0.25) is 9.69 Å². The molecule has 0 bridgehead atoms. The van der Waals surface area contributed by atoms with E-state index in [0.29, 0.717) is 18.7 Å². The Balaban J connectivity index is 1.79. The summed E-state index contributed by atoms with van der Waals surface area (Å²) in [6.07, 6.45) is 0.737. The molecule has 1 atom stereocenters. The fourth-order valence-corrected chi connectivity index (χ4v) is 4.64. The molecule has 4 aromatic rings. The number of hydrogen-bond donors (Lipinski definition) is 1. The standard InChI is InChI=1S/C27H33FN6O/c1-7-24(25-30-31-32-34(25)27(4,5)6)33(15-19-8-10-21(28)11-9-19)16-20-14-22-18(3)12-17(2)13-23(22)29-26(20)35/h8-14,24H,7,15-16H2,1-6H3,(H,29,35). The lowest BCUT2D eigenvalue weighted by molar-refractivity contribution is 0.153. The molecule has 7 nitrogen and oxygen atoms in total. The zero-order valence-corrected chi connectivity index (χ0v) is 21.3. The van der Waals surface area contributed by atoms with Gasteiger partial charge >= 0.3 is 0 Å². The van der Waals surface area contributed by atoms with Gasteiger partial charge in [0.2, 0.25) is 0 Å². The minimum Gasteiger partial charge on any atom is -0.322 e. The van der Waals surface area contributed by atoms with Gasteiger partial charge in [0.25, 0.3) is 5.56 Å². The Morgan fingerprint density at radius 1 is 1.09 bits per heavy atom. The minimum absolute atomic E-state index is 0.114. The van der Waals surface area contributed by atoms with Gasteiger partial charge in [0.1, 0.15) is 5.82 Å². The fourth-order valence-electron chi connectivity index (χ4n) is 4.64. The van der Waals surface area contributed by atoms with Crippen molar-refractivity contribution in [3.05, 3.63) is 86.7 Å². The molecule has 0 saturated heterocycles. The quantitative estimate of drug-likeness (QED) is 0.398. The summed E-state index contributed by atoms with van der Waals surface area (Å²) in [7, 11) is 0. The highest BCUT2D eigenvalue weighted by Gasteiger charge is 2.29. The zero-order valence-electron chi connectivity index (χ0n) is 21.3. The summed E-state index contributed by atoms with van der Waals surface area (Å²) in [4.78, 5) is 18.4. The van der Waals surface area contributed by atoms with E-state index >= 15 is 0 Å². The van der Waals surface area contributed by atoms with Crippen molar-refractivity contribution in [2.24, 2.45) is 0 Å².